The number of nitrogens with one attached hydrogen (secondary N) is 1. The van der Waals surface area contributed by atoms with E-state index in [-0.39, 0.29) is 5.75 Å². The molecule has 0 saturated heterocycles. The van der Waals surface area contributed by atoms with E-state index in [1.807, 2.05) is 5.09 Å². The maximum atomic E-state index is 12.1. The Labute approximate surface area is 113 Å². The lowest BCUT2D eigenvalue weighted by molar-refractivity contribution is -0.142. The summed E-state index contributed by atoms with van der Waals surface area (Å²) in [5.41, 5.74) is 0. The summed E-state index contributed by atoms with van der Waals surface area (Å²) in [6, 6.07) is 0. The molecule has 110 valence electrons. The fourth-order valence-electron chi connectivity index (χ4n) is 0.652. The molecular weight excluding hydrogens is 301 g/mol. The number of amides is 1. The topological polar surface area (TPSA) is 117 Å². The highest BCUT2D eigenvalue weighted by Crippen LogP contribution is 2.55. The largest absolute Gasteiger partial charge is 0.468 e. The van der Waals surface area contributed by atoms with Gasteiger partial charge in [0.15, 0.2) is 6.61 Å². The second-order valence-electron chi connectivity index (χ2n) is 2.80. The third-order valence-corrected chi connectivity index (χ3v) is 5.20. The molecule has 0 aliphatic heterocycles. The molecule has 0 heterocycles. The van der Waals surface area contributed by atoms with Crippen LogP contribution in [0.15, 0.2) is 0 Å². The van der Waals surface area contributed by atoms with E-state index < -0.39 is 31.4 Å². The average Bonchev–Trinajstić information content (AvgIpc) is 2.42. The van der Waals surface area contributed by atoms with Crippen molar-refractivity contribution in [2.24, 2.45) is 0 Å². The van der Waals surface area contributed by atoms with Crippen molar-refractivity contribution in [2.75, 3.05) is 33.7 Å². The molecule has 0 radical (unpaired) electrons. The molecule has 0 aromatic heterocycles. The van der Waals surface area contributed by atoms with Crippen LogP contribution in [0.1, 0.15) is 0 Å². The summed E-state index contributed by atoms with van der Waals surface area (Å²) >= 11 is 0.492. The SMILES string of the molecule is COC(=O)COP(=O)(NC(=O)OC)SCC(=O)OC. The quantitative estimate of drug-likeness (QED) is 0.408. The van der Waals surface area contributed by atoms with Crippen LogP contribution in [-0.2, 0) is 32.9 Å². The lowest BCUT2D eigenvalue weighted by Gasteiger charge is -2.16. The van der Waals surface area contributed by atoms with Crippen molar-refractivity contribution >= 4 is 36.1 Å². The minimum Gasteiger partial charge on any atom is -0.468 e. The zero-order valence-electron chi connectivity index (χ0n) is 10.5. The van der Waals surface area contributed by atoms with Gasteiger partial charge in [-0.05, 0) is 11.4 Å². The van der Waals surface area contributed by atoms with Gasteiger partial charge in [-0.2, -0.15) is 0 Å². The van der Waals surface area contributed by atoms with E-state index in [0.717, 1.165) is 21.3 Å². The molecule has 1 amide bonds. The lowest BCUT2D eigenvalue weighted by atomic mass is 10.8. The van der Waals surface area contributed by atoms with Gasteiger partial charge in [-0.3, -0.25) is 13.9 Å². The van der Waals surface area contributed by atoms with Gasteiger partial charge in [0, 0.05) is 0 Å². The predicted molar refractivity (Wildman–Crippen MR) is 65.6 cm³/mol. The van der Waals surface area contributed by atoms with Gasteiger partial charge in [-0.25, -0.2) is 14.7 Å². The lowest BCUT2D eigenvalue weighted by Crippen LogP contribution is -2.22. The van der Waals surface area contributed by atoms with E-state index >= 15 is 0 Å². The Kier molecular flexibility index (Phi) is 8.21. The van der Waals surface area contributed by atoms with E-state index in [2.05, 4.69) is 14.2 Å². The summed E-state index contributed by atoms with van der Waals surface area (Å²) in [6.45, 7) is -4.48. The molecule has 9 nitrogen and oxygen atoms in total. The van der Waals surface area contributed by atoms with Crippen molar-refractivity contribution in [3.63, 3.8) is 0 Å². The third kappa shape index (κ3) is 7.70. The first-order valence-electron chi connectivity index (χ1n) is 4.76. The molecular formula is C8H14NO8PS. The number of carbonyl (C=O) groups excluding carboxylic acids is 3. The van der Waals surface area contributed by atoms with Gasteiger partial charge in [0.1, 0.15) is 5.75 Å². The van der Waals surface area contributed by atoms with E-state index in [1.165, 1.54) is 0 Å². The molecule has 1 atom stereocenters. The minimum atomic E-state index is -3.84. The van der Waals surface area contributed by atoms with Gasteiger partial charge in [0.25, 0.3) is 0 Å². The highest BCUT2D eigenvalue weighted by Gasteiger charge is 2.30. The van der Waals surface area contributed by atoms with Gasteiger partial charge >= 0.3 is 24.8 Å². The van der Waals surface area contributed by atoms with Crippen molar-refractivity contribution in [3.05, 3.63) is 0 Å². The standard InChI is InChI=1S/C8H14NO8PS/c1-14-6(10)4-17-18(13,9-8(12)16-3)19-5-7(11)15-2/h4-5H2,1-3H3,(H,9,12,13). The van der Waals surface area contributed by atoms with Crippen LogP contribution in [0.2, 0.25) is 0 Å². The van der Waals surface area contributed by atoms with Gasteiger partial charge in [0.05, 0.1) is 21.3 Å². The molecule has 0 saturated carbocycles. The molecule has 0 rings (SSSR count). The maximum absolute atomic E-state index is 12.1. The van der Waals surface area contributed by atoms with Gasteiger partial charge in [-0.1, -0.05) is 0 Å². The summed E-state index contributed by atoms with van der Waals surface area (Å²) in [5.74, 6) is -1.79. The number of carbonyl (C=O) groups is 3. The first kappa shape index (κ1) is 17.8. The molecule has 0 aliphatic rings. The molecule has 0 aromatic rings. The predicted octanol–water partition coefficient (Wildman–Crippen LogP) is 0.546. The molecule has 0 aromatic carbocycles. The number of hydrogen-bond acceptors (Lipinski definition) is 9. The molecule has 19 heavy (non-hydrogen) atoms. The summed E-state index contributed by atoms with van der Waals surface area (Å²) in [5, 5.41) is 1.92. The monoisotopic (exact) mass is 315 g/mol. The van der Waals surface area contributed by atoms with Crippen molar-refractivity contribution in [3.8, 4) is 0 Å². The van der Waals surface area contributed by atoms with E-state index in [9.17, 15) is 18.9 Å². The Morgan fingerprint density at radius 1 is 1.05 bits per heavy atom. The molecule has 11 heteroatoms. The zero-order chi connectivity index (χ0) is 14.9. The van der Waals surface area contributed by atoms with Crippen LogP contribution in [0.5, 0.6) is 0 Å². The first-order valence-corrected chi connectivity index (χ1v) is 7.97. The minimum absolute atomic E-state index is 0.334. The van der Waals surface area contributed by atoms with Crippen LogP contribution in [-0.4, -0.2) is 51.7 Å². The van der Waals surface area contributed by atoms with Crippen LogP contribution in [0.25, 0.3) is 0 Å². The smallest absolute Gasteiger partial charge is 0.414 e. The van der Waals surface area contributed by atoms with Crippen molar-refractivity contribution in [2.45, 2.75) is 0 Å². The molecule has 0 aliphatic carbocycles. The van der Waals surface area contributed by atoms with Gasteiger partial charge < -0.3 is 14.2 Å². The van der Waals surface area contributed by atoms with Gasteiger partial charge in [0.2, 0.25) is 0 Å². The first-order chi connectivity index (χ1) is 8.86. The Morgan fingerprint density at radius 3 is 2.11 bits per heavy atom. The Morgan fingerprint density at radius 2 is 1.63 bits per heavy atom. The van der Waals surface area contributed by atoms with Gasteiger partial charge in [-0.15, -0.1) is 0 Å². The van der Waals surface area contributed by atoms with Crippen LogP contribution in [0, 0.1) is 0 Å². The van der Waals surface area contributed by atoms with Crippen molar-refractivity contribution < 1.29 is 37.7 Å². The molecule has 0 spiro atoms. The van der Waals surface area contributed by atoms with E-state index in [1.54, 1.807) is 0 Å². The third-order valence-electron chi connectivity index (χ3n) is 1.57. The normalized spacial score (nSPS) is 13.0. The number of esters is 2. The van der Waals surface area contributed by atoms with E-state index in [4.69, 9.17) is 4.52 Å². The molecule has 1 N–H and O–H groups in total. The number of methoxy groups -OCH3 is 3. The Balaban J connectivity index is 4.61. The Bertz CT molecular complexity index is 363. The fraction of sp³-hybridized carbons (Fsp3) is 0.625. The zero-order valence-corrected chi connectivity index (χ0v) is 12.2. The summed E-state index contributed by atoms with van der Waals surface area (Å²) in [7, 11) is 3.33. The molecule has 1 unspecified atom stereocenters. The number of rotatable bonds is 7. The number of ether oxygens (including phenoxy) is 3. The van der Waals surface area contributed by atoms with Crippen molar-refractivity contribution in [1.82, 2.24) is 5.09 Å². The second kappa shape index (κ2) is 8.78. The highest BCUT2D eigenvalue weighted by molar-refractivity contribution is 8.56. The summed E-state index contributed by atoms with van der Waals surface area (Å²) in [4.78, 5) is 32.9. The highest BCUT2D eigenvalue weighted by atomic mass is 32.7. The summed E-state index contributed by atoms with van der Waals surface area (Å²) < 4.78 is 29.8. The fourth-order valence-corrected chi connectivity index (χ4v) is 3.46. The molecule has 0 fully saturated rings. The maximum Gasteiger partial charge on any atom is 0.414 e. The van der Waals surface area contributed by atoms with Crippen LogP contribution in [0.4, 0.5) is 4.79 Å². The summed E-state index contributed by atoms with van der Waals surface area (Å²) in [6.07, 6.45) is -1.02. The van der Waals surface area contributed by atoms with E-state index in [0.29, 0.717) is 11.4 Å². The Hall–Kier alpha value is -1.25. The van der Waals surface area contributed by atoms with Crippen LogP contribution in [0.3, 0.4) is 0 Å². The number of hydrogen-bond donors (Lipinski definition) is 1. The van der Waals surface area contributed by atoms with Crippen molar-refractivity contribution in [1.29, 1.82) is 0 Å². The van der Waals surface area contributed by atoms with Crippen LogP contribution < -0.4 is 5.09 Å². The average molecular weight is 315 g/mol. The second-order valence-corrected chi connectivity index (χ2v) is 7.04. The molecule has 0 bridgehead atoms. The van der Waals surface area contributed by atoms with Crippen LogP contribution >= 0.6 is 18.1 Å².